The molecule has 146 heavy (non-hydrogen) atoms. The molecular weight excluding hydrogens is 1870 g/mol. The van der Waals surface area contributed by atoms with Crippen LogP contribution >= 0.6 is 22.7 Å². The lowest BCUT2D eigenvalue weighted by atomic mass is 10.0. The molecule has 0 bridgehead atoms. The van der Waals surface area contributed by atoms with Gasteiger partial charge >= 0.3 is 0 Å². The Kier molecular flexibility index (Phi) is 27.2. The molecule has 0 atom stereocenters. The van der Waals surface area contributed by atoms with Gasteiger partial charge in [0.1, 0.15) is 95.2 Å². The Labute approximate surface area is 841 Å². The Morgan fingerprint density at radius 2 is 0.685 bits per heavy atom. The first-order valence-electron chi connectivity index (χ1n) is 45.8. The topological polar surface area (TPSA) is 412 Å². The molecule has 35 heteroatoms. The highest BCUT2D eigenvalue weighted by Gasteiger charge is 2.26. The van der Waals surface area contributed by atoms with Crippen LogP contribution in [-0.2, 0) is 0 Å². The monoisotopic (exact) mass is 1960 g/mol. The van der Waals surface area contributed by atoms with Crippen molar-refractivity contribution in [3.63, 3.8) is 0 Å². The van der Waals surface area contributed by atoms with E-state index in [0.717, 1.165) is 179 Å². The van der Waals surface area contributed by atoms with Crippen LogP contribution in [0.1, 0.15) is 0 Å². The summed E-state index contributed by atoms with van der Waals surface area (Å²) >= 11 is 3.28. The fourth-order valence-electron chi connectivity index (χ4n) is 16.9. The molecule has 25 aromatic rings. The van der Waals surface area contributed by atoms with E-state index in [1.54, 1.807) is 83.3 Å². The third-order valence-corrected chi connectivity index (χ3v) is 25.5. The smallest absolute Gasteiger partial charge is 0.186 e. The summed E-state index contributed by atoms with van der Waals surface area (Å²) in [7, 11) is 10.3. The Hall–Kier alpha value is -19.8. The largest absolute Gasteiger partial charge is 0.495 e. The Bertz CT molecular complexity index is 7900. The summed E-state index contributed by atoms with van der Waals surface area (Å²) in [6.45, 7) is 0. The third kappa shape index (κ3) is 19.7. The molecule has 0 radical (unpaired) electrons. The van der Waals surface area contributed by atoms with E-state index in [9.17, 15) is 0 Å². The number of thiophene rings is 2. The molecule has 10 aromatic carbocycles. The molecule has 0 spiro atoms. The molecule has 716 valence electrons. The molecule has 0 saturated heterocycles. The number of aromatic nitrogens is 21. The number of hydrogen-bond donors (Lipinski definition) is 10. The van der Waals surface area contributed by atoms with Crippen LogP contribution in [-0.4, -0.2) is 148 Å². The number of hydrogen-bond acceptors (Lipinski definition) is 29. The van der Waals surface area contributed by atoms with Crippen molar-refractivity contribution in [2.75, 3.05) is 68.8 Å². The zero-order chi connectivity index (χ0) is 99.0. The zero-order valence-electron chi connectivity index (χ0n) is 79.0. The highest BCUT2D eigenvalue weighted by molar-refractivity contribution is 7.13. The van der Waals surface area contributed by atoms with Gasteiger partial charge in [0.2, 0.25) is 0 Å². The number of aromatic amines is 6. The summed E-state index contributed by atoms with van der Waals surface area (Å²) in [6.07, 6.45) is 14.3. The molecule has 0 amide bonds. The number of furan rings is 2. The van der Waals surface area contributed by atoms with Crippen molar-refractivity contribution in [1.29, 1.82) is 0 Å². The van der Waals surface area contributed by atoms with Gasteiger partial charge < -0.3 is 63.7 Å². The van der Waals surface area contributed by atoms with Crippen molar-refractivity contribution in [2.24, 2.45) is 0 Å². The van der Waals surface area contributed by atoms with Gasteiger partial charge in [-0.1, -0.05) is 188 Å². The van der Waals surface area contributed by atoms with E-state index in [1.165, 1.54) is 25.3 Å². The molecule has 0 saturated carbocycles. The number of anilines is 10. The minimum atomic E-state index is 0.548. The lowest BCUT2D eigenvalue weighted by molar-refractivity contribution is 0.415. The van der Waals surface area contributed by atoms with Crippen molar-refractivity contribution in [3.8, 4) is 140 Å². The average molecular weight is 1960 g/mol. The summed E-state index contributed by atoms with van der Waals surface area (Å²) in [6, 6.07) is 96.9. The highest BCUT2D eigenvalue weighted by Crippen LogP contribution is 2.46. The van der Waals surface area contributed by atoms with Gasteiger partial charge in [0, 0.05) is 29.8 Å². The quantitative estimate of drug-likeness (QED) is 0.0254. The number of benzene rings is 10. The summed E-state index contributed by atoms with van der Waals surface area (Å²) in [5.74, 6) is 7.64. The number of methoxy groups -OCH3 is 5. The van der Waals surface area contributed by atoms with Crippen LogP contribution in [0.4, 0.5) is 57.5 Å². The second-order valence-corrected chi connectivity index (χ2v) is 34.3. The van der Waals surface area contributed by atoms with Gasteiger partial charge in [-0.3, -0.25) is 25.5 Å². The van der Waals surface area contributed by atoms with E-state index in [-0.39, 0.29) is 0 Å². The Morgan fingerprint density at radius 1 is 0.301 bits per heavy atom. The van der Waals surface area contributed by atoms with Crippen molar-refractivity contribution in [3.05, 3.63) is 364 Å². The first-order valence-corrected chi connectivity index (χ1v) is 47.6. The summed E-state index contributed by atoms with van der Waals surface area (Å²) in [5.41, 5.74) is 25.1. The molecule has 33 nitrogen and oxygen atoms in total. The van der Waals surface area contributed by atoms with Gasteiger partial charge in [-0.25, -0.2) is 49.8 Å². The molecular formula is C111H88N26O7S2. The van der Waals surface area contributed by atoms with E-state index < -0.39 is 0 Å². The predicted molar refractivity (Wildman–Crippen MR) is 574 cm³/mol. The molecule has 0 unspecified atom stereocenters. The third-order valence-electron chi connectivity index (χ3n) is 24.0. The lowest BCUT2D eigenvalue weighted by Crippen LogP contribution is -2.13. The predicted octanol–water partition coefficient (Wildman–Crippen LogP) is 25.9. The molecule has 0 aliphatic heterocycles. The Balaban J connectivity index is 0.000000107. The van der Waals surface area contributed by atoms with Crippen LogP contribution < -0.4 is 49.9 Å². The number of rotatable bonds is 25. The van der Waals surface area contributed by atoms with Crippen molar-refractivity contribution < 1.29 is 32.5 Å². The SMILES string of the molecule is COc1ccc(-c2ccccc2)cc1N(C)c1ncnc2n[nH]c(-c3ccsc3)c12.COc1ccc(-c2ccccc2)cc1Nc1ncnc2n[nH]c(-c3ccc[nH]3)c12.COc1ccc(-c2ccccc2)cc1Nc1ncnc2n[nH]c(-c3ccco3)c12.COc1ccc(-c2ccccc2)cc1Nc1ncnc2n[nH]c(-c3cccs3)c12.COc1ccc(-c2ccccc2)cc1Nc1ncnc2n[nH]c(-c3ccoc3)c12. The van der Waals surface area contributed by atoms with Crippen LogP contribution in [0.3, 0.4) is 0 Å². The van der Waals surface area contributed by atoms with Crippen LogP contribution in [0.2, 0.25) is 0 Å². The number of nitrogens with zero attached hydrogens (tertiary/aromatic N) is 16. The van der Waals surface area contributed by atoms with Gasteiger partial charge in [-0.2, -0.15) is 36.8 Å². The van der Waals surface area contributed by atoms with E-state index in [4.69, 9.17) is 32.5 Å². The lowest BCUT2D eigenvalue weighted by Gasteiger charge is -2.22. The minimum absolute atomic E-state index is 0.548. The fourth-order valence-corrected chi connectivity index (χ4v) is 18.2. The standard InChI is InChI=1S/C23H19N5OS.C22H18N6O.2C22H17N5O2.C22H17N5OS/c1-28(18-12-16(8-9-19(18)29-2)15-6-4-3-5-7-15)23-20-21(17-10-11-30-13-17)26-27-22(20)24-14-25-23;1-29-18-10-9-15(14-6-3-2-4-7-14)12-17(18)26-21-19-20(16-8-5-11-23-16)27-28-22(19)25-13-24-21;1-28-17-10-9-15(14-6-3-2-4-7-14)12-16(17)25-21-19-20(18-8-5-11-29-18)26-27-22(19)24-13-23-21;1-28-18-8-7-15(14-5-3-2-4-6-14)11-17(18)25-21-19-20(16-9-10-29-12-16)26-27-22(19)24-13-23-21;1-28-17-10-9-15(14-6-3-2-4-7-14)12-16(17)25-21-19-20(18-8-5-11-29-18)26-27-22(19)24-13-23-21/h3-14H,1-2H3,(H,24,25,26,27);2-13,23H,1H3,(H2,24,25,26,27,28);3*2-13H,1H3,(H2,23,24,25,26,27). The van der Waals surface area contributed by atoms with Gasteiger partial charge in [0.05, 0.1) is 143 Å². The highest BCUT2D eigenvalue weighted by atomic mass is 32.1. The zero-order valence-corrected chi connectivity index (χ0v) is 80.6. The minimum Gasteiger partial charge on any atom is -0.495 e. The van der Waals surface area contributed by atoms with E-state index in [2.05, 4.69) is 223 Å². The summed E-state index contributed by atoms with van der Waals surface area (Å²) < 4.78 is 38.7. The van der Waals surface area contributed by atoms with E-state index in [0.29, 0.717) is 74.5 Å². The first kappa shape index (κ1) is 92.5. The first-order chi connectivity index (χ1) is 72.1. The van der Waals surface area contributed by atoms with Crippen LogP contribution in [0.5, 0.6) is 28.7 Å². The van der Waals surface area contributed by atoms with Crippen LogP contribution in [0, 0.1) is 0 Å². The van der Waals surface area contributed by atoms with Crippen LogP contribution in [0.15, 0.2) is 373 Å². The Morgan fingerprint density at radius 3 is 1.07 bits per heavy atom. The van der Waals surface area contributed by atoms with Crippen molar-refractivity contribution in [2.45, 2.75) is 0 Å². The fraction of sp³-hybridized carbons (Fsp3) is 0.0541. The van der Waals surface area contributed by atoms with Crippen molar-refractivity contribution >= 4 is 135 Å². The van der Waals surface area contributed by atoms with Gasteiger partial charge in [0.25, 0.3) is 0 Å². The molecule has 10 N–H and O–H groups in total. The van der Waals surface area contributed by atoms with Gasteiger partial charge in [-0.15, -0.1) is 11.3 Å². The van der Waals surface area contributed by atoms with Gasteiger partial charge in [0.15, 0.2) is 34.0 Å². The number of nitrogens with one attached hydrogen (secondary N) is 10. The molecule has 15 heterocycles. The maximum Gasteiger partial charge on any atom is 0.186 e. The van der Waals surface area contributed by atoms with E-state index in [1.807, 2.05) is 229 Å². The normalized spacial score (nSPS) is 10.9. The molecule has 0 fully saturated rings. The number of fused-ring (bicyclic) bond motifs is 5. The summed E-state index contributed by atoms with van der Waals surface area (Å²) in [4.78, 5) is 50.2. The maximum atomic E-state index is 5.67. The second kappa shape index (κ2) is 42.9. The molecule has 15 aromatic heterocycles. The van der Waals surface area contributed by atoms with E-state index >= 15 is 0 Å². The average Bonchev–Trinajstić information content (AvgIpc) is 1.48. The van der Waals surface area contributed by atoms with Crippen molar-refractivity contribution in [1.82, 2.24) is 106 Å². The summed E-state index contributed by atoms with van der Waals surface area (Å²) in [5, 5.41) is 60.8. The molecule has 25 rings (SSSR count). The second-order valence-electron chi connectivity index (χ2n) is 32.6. The number of H-pyrrole nitrogens is 6. The maximum absolute atomic E-state index is 5.67. The molecule has 0 aliphatic rings. The molecule has 0 aliphatic carbocycles. The van der Waals surface area contributed by atoms with Crippen LogP contribution in [0.25, 0.3) is 167 Å². The number of ether oxygens (including phenoxy) is 5. The van der Waals surface area contributed by atoms with Gasteiger partial charge in [-0.05, 0) is 170 Å².